The molecular formula is C26H43N3O3. The third kappa shape index (κ3) is 3.86. The van der Waals surface area contributed by atoms with E-state index in [9.17, 15) is 9.59 Å². The molecule has 0 aromatic rings. The van der Waals surface area contributed by atoms with Gasteiger partial charge in [-0.3, -0.25) is 4.79 Å². The van der Waals surface area contributed by atoms with E-state index < -0.39 is 6.03 Å². The molecule has 4 saturated carbocycles. The molecular weight excluding hydrogens is 402 g/mol. The van der Waals surface area contributed by atoms with Crippen LogP contribution in [0.1, 0.15) is 91.4 Å². The summed E-state index contributed by atoms with van der Waals surface area (Å²) in [5.41, 5.74) is 9.54. The largest absolute Gasteiger partial charge is 0.469 e. The highest BCUT2D eigenvalue weighted by molar-refractivity contribution is 5.93. The minimum absolute atomic E-state index is 0.0446. The number of hydrogen-bond acceptors (Lipinski definition) is 4. The number of rotatable bonds is 5. The average molecular weight is 446 g/mol. The number of esters is 1. The van der Waals surface area contributed by atoms with Gasteiger partial charge in [0.2, 0.25) is 0 Å². The quantitative estimate of drug-likeness (QED) is 0.446. The molecule has 0 saturated heterocycles. The van der Waals surface area contributed by atoms with E-state index in [1.165, 1.54) is 58.5 Å². The summed E-state index contributed by atoms with van der Waals surface area (Å²) in [5, 5.41) is 4.70. The number of hydrogen-bond donors (Lipinski definition) is 2. The molecule has 0 radical (unpaired) electrons. The summed E-state index contributed by atoms with van der Waals surface area (Å²) in [7, 11) is 1.46. The van der Waals surface area contributed by atoms with Crippen LogP contribution in [-0.4, -0.2) is 24.8 Å². The third-order valence-corrected chi connectivity index (χ3v) is 10.6. The van der Waals surface area contributed by atoms with Crippen molar-refractivity contribution in [3.05, 3.63) is 0 Å². The lowest BCUT2D eigenvalue weighted by molar-refractivity contribution is -0.141. The highest BCUT2D eigenvalue weighted by Gasteiger charge is 2.62. The Morgan fingerprint density at radius 2 is 1.94 bits per heavy atom. The monoisotopic (exact) mass is 445 g/mol. The van der Waals surface area contributed by atoms with Crippen molar-refractivity contribution in [2.45, 2.75) is 91.4 Å². The van der Waals surface area contributed by atoms with Crippen LogP contribution >= 0.6 is 0 Å². The Balaban J connectivity index is 1.65. The van der Waals surface area contributed by atoms with E-state index in [-0.39, 0.29) is 11.4 Å². The van der Waals surface area contributed by atoms with Gasteiger partial charge in [-0.25, -0.2) is 10.2 Å². The standard InChI is InChI=1S/C26H43N3O3/c1-16(8-13-23(30)32-4)19-11-12-20-18-10-9-17-7-5-6-14-25(17,2)21(18)15-22(26(19,20)3)28-29-24(27)31/h16-21H,5-15H2,1-4H3,(H3,27,29,31)/b28-22-/t16-,17-,18-,19+,20+,21+,25-,26+/m0/s1. The second-order valence-corrected chi connectivity index (χ2v) is 11.7. The lowest BCUT2D eigenvalue weighted by atomic mass is 9.44. The van der Waals surface area contributed by atoms with Gasteiger partial charge < -0.3 is 10.5 Å². The van der Waals surface area contributed by atoms with E-state index in [0.717, 1.165) is 30.4 Å². The fraction of sp³-hybridized carbons (Fsp3) is 0.885. The van der Waals surface area contributed by atoms with Crippen LogP contribution in [0.5, 0.6) is 0 Å². The zero-order valence-corrected chi connectivity index (χ0v) is 20.5. The van der Waals surface area contributed by atoms with Gasteiger partial charge in [-0.15, -0.1) is 0 Å². The Morgan fingerprint density at radius 3 is 2.66 bits per heavy atom. The van der Waals surface area contributed by atoms with Gasteiger partial charge in [0.05, 0.1) is 7.11 Å². The number of methoxy groups -OCH3 is 1. The second kappa shape index (κ2) is 8.98. The Morgan fingerprint density at radius 1 is 1.16 bits per heavy atom. The van der Waals surface area contributed by atoms with Crippen molar-refractivity contribution < 1.29 is 14.3 Å². The molecule has 180 valence electrons. The SMILES string of the molecule is COC(=O)CC[C@H](C)[C@H]1CC[C@@H]2[C@@H]3CC[C@@H]4CCCC[C@]4(C)[C@@H]3C/C(=N/NC(N)=O)[C@@]21C. The van der Waals surface area contributed by atoms with Crippen molar-refractivity contribution in [2.24, 2.45) is 57.2 Å². The van der Waals surface area contributed by atoms with Gasteiger partial charge in [-0.05, 0) is 92.3 Å². The zero-order valence-electron chi connectivity index (χ0n) is 20.5. The van der Waals surface area contributed by atoms with Crippen LogP contribution in [0.3, 0.4) is 0 Å². The minimum atomic E-state index is -0.585. The third-order valence-electron chi connectivity index (χ3n) is 10.6. The molecule has 4 aliphatic carbocycles. The van der Waals surface area contributed by atoms with Gasteiger partial charge in [0, 0.05) is 17.5 Å². The number of amides is 2. The summed E-state index contributed by atoms with van der Waals surface area (Å²) in [6, 6.07) is -0.585. The summed E-state index contributed by atoms with van der Waals surface area (Å²) in [6.45, 7) is 7.24. The molecule has 0 aromatic heterocycles. The van der Waals surface area contributed by atoms with E-state index in [4.69, 9.17) is 15.6 Å². The first-order chi connectivity index (χ1) is 15.2. The molecule has 8 atom stereocenters. The van der Waals surface area contributed by atoms with E-state index in [1.807, 2.05) is 0 Å². The maximum Gasteiger partial charge on any atom is 0.332 e. The fourth-order valence-electron chi connectivity index (χ4n) is 8.90. The van der Waals surface area contributed by atoms with Crippen LogP contribution in [0.4, 0.5) is 4.79 Å². The van der Waals surface area contributed by atoms with Crippen LogP contribution in [0, 0.1) is 46.3 Å². The van der Waals surface area contributed by atoms with E-state index >= 15 is 0 Å². The van der Waals surface area contributed by atoms with Crippen molar-refractivity contribution >= 4 is 17.7 Å². The molecule has 3 N–H and O–H groups in total. The molecule has 0 heterocycles. The van der Waals surface area contributed by atoms with E-state index in [2.05, 4.69) is 26.2 Å². The van der Waals surface area contributed by atoms with Gasteiger partial charge in [0.25, 0.3) is 0 Å². The number of carbonyl (C=O) groups is 2. The molecule has 6 nitrogen and oxygen atoms in total. The van der Waals surface area contributed by atoms with Gasteiger partial charge >= 0.3 is 12.0 Å². The molecule has 0 aromatic carbocycles. The summed E-state index contributed by atoms with van der Waals surface area (Å²) < 4.78 is 4.89. The highest BCUT2D eigenvalue weighted by atomic mass is 16.5. The van der Waals surface area contributed by atoms with Crippen LogP contribution in [-0.2, 0) is 9.53 Å². The van der Waals surface area contributed by atoms with Crippen LogP contribution in [0.15, 0.2) is 5.10 Å². The maximum atomic E-state index is 11.8. The maximum absolute atomic E-state index is 11.8. The lowest BCUT2D eigenvalue weighted by Gasteiger charge is -2.61. The highest BCUT2D eigenvalue weighted by Crippen LogP contribution is 2.67. The molecule has 6 heteroatoms. The summed E-state index contributed by atoms with van der Waals surface area (Å²) in [5.74, 6) is 3.56. The smallest absolute Gasteiger partial charge is 0.332 e. The predicted molar refractivity (Wildman–Crippen MR) is 126 cm³/mol. The van der Waals surface area contributed by atoms with E-state index in [0.29, 0.717) is 35.5 Å². The topological polar surface area (TPSA) is 93.8 Å². The Bertz CT molecular complexity index is 767. The van der Waals surface area contributed by atoms with Crippen LogP contribution in [0.2, 0.25) is 0 Å². The van der Waals surface area contributed by atoms with Gasteiger partial charge in [0.1, 0.15) is 0 Å². The molecule has 4 fully saturated rings. The molecule has 0 spiro atoms. The first kappa shape index (κ1) is 23.6. The van der Waals surface area contributed by atoms with Crippen molar-refractivity contribution in [1.82, 2.24) is 5.43 Å². The number of carbonyl (C=O) groups excluding carboxylic acids is 2. The summed E-state index contributed by atoms with van der Waals surface area (Å²) in [4.78, 5) is 23.4. The van der Waals surface area contributed by atoms with Crippen molar-refractivity contribution in [3.8, 4) is 0 Å². The predicted octanol–water partition coefficient (Wildman–Crippen LogP) is 5.26. The van der Waals surface area contributed by atoms with Crippen molar-refractivity contribution in [2.75, 3.05) is 7.11 Å². The number of nitrogens with zero attached hydrogens (tertiary/aromatic N) is 1. The van der Waals surface area contributed by atoms with Crippen molar-refractivity contribution in [1.29, 1.82) is 0 Å². The Kier molecular flexibility index (Phi) is 6.61. The Labute approximate surface area is 193 Å². The Hall–Kier alpha value is -1.59. The fourth-order valence-corrected chi connectivity index (χ4v) is 8.90. The number of nitrogens with two attached hydrogens (primary N) is 1. The number of primary amides is 1. The normalized spacial score (nSPS) is 43.0. The first-order valence-electron chi connectivity index (χ1n) is 12.9. The molecule has 4 aliphatic rings. The second-order valence-electron chi connectivity index (χ2n) is 11.7. The molecule has 0 bridgehead atoms. The van der Waals surface area contributed by atoms with Gasteiger partial charge in [0.15, 0.2) is 0 Å². The summed E-state index contributed by atoms with van der Waals surface area (Å²) >= 11 is 0. The number of fused-ring (bicyclic) bond motifs is 5. The van der Waals surface area contributed by atoms with Crippen molar-refractivity contribution in [3.63, 3.8) is 0 Å². The molecule has 0 unspecified atom stereocenters. The van der Waals surface area contributed by atoms with Crippen LogP contribution in [0.25, 0.3) is 0 Å². The first-order valence-corrected chi connectivity index (χ1v) is 12.9. The van der Waals surface area contributed by atoms with Crippen LogP contribution < -0.4 is 11.2 Å². The number of ether oxygens (including phenoxy) is 1. The minimum Gasteiger partial charge on any atom is -0.469 e. The van der Waals surface area contributed by atoms with Gasteiger partial charge in [-0.1, -0.05) is 33.6 Å². The average Bonchev–Trinajstić information content (AvgIpc) is 3.13. The number of urea groups is 1. The molecule has 0 aliphatic heterocycles. The molecule has 4 rings (SSSR count). The number of hydrazone groups is 1. The summed E-state index contributed by atoms with van der Waals surface area (Å²) in [6.07, 6.45) is 12.8. The molecule has 2 amide bonds. The van der Waals surface area contributed by atoms with Gasteiger partial charge in [-0.2, -0.15) is 5.10 Å². The molecule has 32 heavy (non-hydrogen) atoms. The number of nitrogens with one attached hydrogen (secondary N) is 1. The lowest BCUT2D eigenvalue weighted by Crippen LogP contribution is -2.57. The van der Waals surface area contributed by atoms with E-state index in [1.54, 1.807) is 0 Å². The zero-order chi connectivity index (χ0) is 23.1.